The maximum absolute atomic E-state index is 12.5. The third kappa shape index (κ3) is 20.2. The number of halogens is 1. The van der Waals surface area contributed by atoms with Crippen LogP contribution in [0.1, 0.15) is 126 Å². The summed E-state index contributed by atoms with van der Waals surface area (Å²) < 4.78 is 0. The first-order valence-corrected chi connectivity index (χ1v) is 23.6. The fourth-order valence-corrected chi connectivity index (χ4v) is 8.49. The lowest BCUT2D eigenvalue weighted by Gasteiger charge is -2.33. The summed E-state index contributed by atoms with van der Waals surface area (Å²) in [5, 5.41) is 38.5. The van der Waals surface area contributed by atoms with Gasteiger partial charge in [0.1, 0.15) is 0 Å². The Hall–Kier alpha value is -5.25. The standard InChI is InChI=1S/C18H24N2O.C17H23N3O.C11H11NO2.C7H15N.ClH/c1-3-15-7-9-20(10-8-15)18(21)14(2)11-16-5-4-6-17(12-16)13-19;1-2-13-6-8-20(9-7-13)17(21)16(19)11-14-4-3-5-15(10-14)12-18;1-8(11(13)14)5-9-3-2-4-10(6-9)7-12;1-2-7-3-5-8-6-4-7;/h4-6,12,14-15H,3,7-11H2,1-2H3;3-5,10,13,16H,2,6-9,11,19H2,1H3;2-4,6,8H,5H2,1H3,(H,13,14);7-8H,2-6H2,1H3;1H/t14-;16-;8-;;/m000../s1. The molecule has 65 heavy (non-hydrogen) atoms. The molecule has 3 atom stereocenters. The maximum atomic E-state index is 12.5. The molecule has 3 aliphatic rings. The molecule has 0 unspecified atom stereocenters. The molecule has 3 heterocycles. The molecule has 6 rings (SSSR count). The molecule has 0 aromatic heterocycles. The number of carboxylic acid groups (broad SMARTS) is 1. The number of rotatable bonds is 12. The van der Waals surface area contributed by atoms with E-state index < -0.39 is 17.9 Å². The Morgan fingerprint density at radius 1 is 0.615 bits per heavy atom. The van der Waals surface area contributed by atoms with Crippen LogP contribution in [0.5, 0.6) is 0 Å². The van der Waals surface area contributed by atoms with Crippen LogP contribution < -0.4 is 11.1 Å². The number of carbonyl (C=O) groups is 3. The van der Waals surface area contributed by atoms with Crippen molar-refractivity contribution in [1.82, 2.24) is 15.1 Å². The van der Waals surface area contributed by atoms with Crippen molar-refractivity contribution in [3.05, 3.63) is 106 Å². The van der Waals surface area contributed by atoms with Crippen LogP contribution in [0.4, 0.5) is 0 Å². The van der Waals surface area contributed by atoms with Crippen LogP contribution in [0, 0.1) is 63.6 Å². The zero-order valence-electron chi connectivity index (χ0n) is 39.5. The van der Waals surface area contributed by atoms with E-state index in [1.165, 1.54) is 45.2 Å². The van der Waals surface area contributed by atoms with Crippen LogP contribution in [0.15, 0.2) is 72.8 Å². The van der Waals surface area contributed by atoms with Gasteiger partial charge in [-0.1, -0.05) is 90.3 Å². The van der Waals surface area contributed by atoms with Gasteiger partial charge in [0.05, 0.1) is 46.9 Å². The van der Waals surface area contributed by atoms with Crippen LogP contribution >= 0.6 is 12.4 Å². The van der Waals surface area contributed by atoms with Crippen molar-refractivity contribution < 1.29 is 19.5 Å². The number of carboxylic acids is 1. The van der Waals surface area contributed by atoms with Gasteiger partial charge < -0.3 is 26.0 Å². The number of benzene rings is 3. The molecular weight excluding hydrogens is 834 g/mol. The van der Waals surface area contributed by atoms with Gasteiger partial charge in [-0.15, -0.1) is 12.4 Å². The maximum Gasteiger partial charge on any atom is 0.306 e. The number of piperidine rings is 3. The van der Waals surface area contributed by atoms with Gasteiger partial charge in [-0.25, -0.2) is 0 Å². The highest BCUT2D eigenvalue weighted by Gasteiger charge is 2.27. The van der Waals surface area contributed by atoms with E-state index in [4.69, 9.17) is 26.6 Å². The summed E-state index contributed by atoms with van der Waals surface area (Å²) in [6, 6.07) is 27.7. The third-order valence-electron chi connectivity index (χ3n) is 12.9. The zero-order valence-corrected chi connectivity index (χ0v) is 40.3. The number of nitriles is 3. The van der Waals surface area contributed by atoms with Crippen molar-refractivity contribution in [3.63, 3.8) is 0 Å². The Morgan fingerprint density at radius 2 is 0.969 bits per heavy atom. The number of aliphatic carboxylic acids is 1. The van der Waals surface area contributed by atoms with Crippen molar-refractivity contribution in [2.75, 3.05) is 39.3 Å². The number of hydrogen-bond donors (Lipinski definition) is 3. The first kappa shape index (κ1) is 55.9. The van der Waals surface area contributed by atoms with Gasteiger partial charge in [0.2, 0.25) is 11.8 Å². The second-order valence-corrected chi connectivity index (χ2v) is 17.8. The molecule has 3 aliphatic heterocycles. The summed E-state index contributed by atoms with van der Waals surface area (Å²) in [6.07, 6.45) is 12.7. The second-order valence-electron chi connectivity index (χ2n) is 17.8. The van der Waals surface area contributed by atoms with E-state index in [1.807, 2.05) is 59.2 Å². The van der Waals surface area contributed by atoms with Crippen molar-refractivity contribution in [2.45, 2.75) is 118 Å². The molecule has 2 amide bonds. The second kappa shape index (κ2) is 30.8. The molecule has 3 saturated heterocycles. The molecule has 0 spiro atoms. The molecule has 0 aliphatic carbocycles. The summed E-state index contributed by atoms with van der Waals surface area (Å²) >= 11 is 0. The summed E-state index contributed by atoms with van der Waals surface area (Å²) in [5.41, 5.74) is 10.8. The van der Waals surface area contributed by atoms with Gasteiger partial charge in [0, 0.05) is 32.1 Å². The minimum absolute atomic E-state index is 0. The molecule has 3 aromatic rings. The predicted molar refractivity (Wildman–Crippen MR) is 261 cm³/mol. The molecular formula is C53H74ClN7O4. The fourth-order valence-electron chi connectivity index (χ4n) is 8.49. The first-order chi connectivity index (χ1) is 30.8. The minimum atomic E-state index is -0.813. The van der Waals surface area contributed by atoms with E-state index in [9.17, 15) is 14.4 Å². The van der Waals surface area contributed by atoms with E-state index in [0.717, 1.165) is 86.3 Å². The molecule has 0 radical (unpaired) electrons. The van der Waals surface area contributed by atoms with E-state index >= 15 is 0 Å². The van der Waals surface area contributed by atoms with Crippen molar-refractivity contribution in [2.24, 2.45) is 35.3 Å². The van der Waals surface area contributed by atoms with Crippen molar-refractivity contribution >= 4 is 30.2 Å². The number of nitrogens with one attached hydrogen (secondary N) is 1. The van der Waals surface area contributed by atoms with Crippen LogP contribution in [-0.2, 0) is 33.6 Å². The Bertz CT molecular complexity index is 1920. The van der Waals surface area contributed by atoms with Gasteiger partial charge in [-0.2, -0.15) is 15.8 Å². The van der Waals surface area contributed by atoms with Crippen LogP contribution in [-0.4, -0.2) is 78.0 Å². The largest absolute Gasteiger partial charge is 0.481 e. The van der Waals surface area contributed by atoms with Gasteiger partial charge in [0.25, 0.3) is 0 Å². The van der Waals surface area contributed by atoms with Gasteiger partial charge in [0.15, 0.2) is 0 Å². The van der Waals surface area contributed by atoms with Crippen LogP contribution in [0.25, 0.3) is 0 Å². The molecule has 3 fully saturated rings. The zero-order chi connectivity index (χ0) is 46.9. The molecule has 0 bridgehead atoms. The highest BCUT2D eigenvalue weighted by molar-refractivity contribution is 5.85. The lowest BCUT2D eigenvalue weighted by Crippen LogP contribution is -2.48. The molecule has 0 saturated carbocycles. The van der Waals surface area contributed by atoms with E-state index in [2.05, 4.69) is 38.2 Å². The molecule has 3 aromatic carbocycles. The van der Waals surface area contributed by atoms with Crippen molar-refractivity contribution in [1.29, 1.82) is 15.8 Å². The summed E-state index contributed by atoms with van der Waals surface area (Å²) in [6.45, 7) is 16.3. The topological polar surface area (TPSA) is 187 Å². The third-order valence-corrected chi connectivity index (χ3v) is 12.9. The van der Waals surface area contributed by atoms with Crippen LogP contribution in [0.3, 0.4) is 0 Å². The normalized spacial score (nSPS) is 16.6. The molecule has 11 nitrogen and oxygen atoms in total. The predicted octanol–water partition coefficient (Wildman–Crippen LogP) is 9.10. The minimum Gasteiger partial charge on any atom is -0.481 e. The summed E-state index contributed by atoms with van der Waals surface area (Å²) in [5.74, 6) is 1.61. The fraction of sp³-hybridized carbons (Fsp3) is 0.547. The Labute approximate surface area is 395 Å². The van der Waals surface area contributed by atoms with Gasteiger partial charge in [-0.3, -0.25) is 14.4 Å². The SMILES string of the molecule is CCC1CCN(C(=O)[C@@H](C)Cc2cccc(C#N)c2)CC1.CCC1CCN(C(=O)[C@@H](N)Cc2cccc(C#N)c2)CC1.CCC1CCNCC1.C[C@@H](Cc1cccc(C#N)c1)C(=O)O.Cl. The number of carbonyl (C=O) groups excluding carboxylic acids is 2. The average Bonchev–Trinajstić information content (AvgIpc) is 3.34. The Kier molecular flexibility index (Phi) is 26.5. The number of nitrogens with zero attached hydrogens (tertiary/aromatic N) is 5. The van der Waals surface area contributed by atoms with E-state index in [-0.39, 0.29) is 30.1 Å². The number of hydrogen-bond acceptors (Lipinski definition) is 8. The number of likely N-dealkylation sites (tertiary alicyclic amines) is 2. The van der Waals surface area contributed by atoms with Crippen molar-refractivity contribution in [3.8, 4) is 18.2 Å². The Morgan fingerprint density at radius 3 is 1.32 bits per heavy atom. The lowest BCUT2D eigenvalue weighted by atomic mass is 9.92. The molecule has 4 N–H and O–H groups in total. The van der Waals surface area contributed by atoms with Gasteiger partial charge >= 0.3 is 5.97 Å². The first-order valence-electron chi connectivity index (χ1n) is 23.6. The molecule has 352 valence electrons. The van der Waals surface area contributed by atoms with Crippen LogP contribution in [0.2, 0.25) is 0 Å². The Balaban J connectivity index is 0.000000311. The quantitative estimate of drug-likeness (QED) is 0.159. The average molecular weight is 909 g/mol. The smallest absolute Gasteiger partial charge is 0.306 e. The molecule has 12 heteroatoms. The van der Waals surface area contributed by atoms with E-state index in [0.29, 0.717) is 36.0 Å². The lowest BCUT2D eigenvalue weighted by molar-refractivity contribution is -0.141. The van der Waals surface area contributed by atoms with E-state index in [1.54, 1.807) is 43.3 Å². The summed E-state index contributed by atoms with van der Waals surface area (Å²) in [4.78, 5) is 39.4. The highest BCUT2D eigenvalue weighted by atomic mass is 35.5. The van der Waals surface area contributed by atoms with Gasteiger partial charge in [-0.05, 0) is 142 Å². The monoisotopic (exact) mass is 908 g/mol. The highest BCUT2D eigenvalue weighted by Crippen LogP contribution is 2.23. The summed E-state index contributed by atoms with van der Waals surface area (Å²) in [7, 11) is 0. The number of nitrogens with two attached hydrogens (primary N) is 1. The number of amides is 2.